The number of hydrogen-bond donors (Lipinski definition) is 2. The number of guanidine groups is 1. The van der Waals surface area contributed by atoms with Crippen LogP contribution in [0.15, 0.2) is 4.99 Å². The van der Waals surface area contributed by atoms with Gasteiger partial charge in [0.1, 0.15) is 0 Å². The van der Waals surface area contributed by atoms with E-state index in [1.165, 1.54) is 19.3 Å². The van der Waals surface area contributed by atoms with Crippen molar-refractivity contribution < 1.29 is 4.74 Å². The summed E-state index contributed by atoms with van der Waals surface area (Å²) in [5.74, 6) is 1.71. The molecule has 0 saturated carbocycles. The number of rotatable bonds is 10. The van der Waals surface area contributed by atoms with Crippen molar-refractivity contribution in [2.45, 2.75) is 46.5 Å². The van der Waals surface area contributed by atoms with E-state index in [2.05, 4.69) is 29.5 Å². The lowest BCUT2D eigenvalue weighted by Gasteiger charge is -2.12. The van der Waals surface area contributed by atoms with Crippen molar-refractivity contribution in [2.75, 3.05) is 33.4 Å². The topological polar surface area (TPSA) is 45.6 Å². The van der Waals surface area contributed by atoms with Crippen molar-refractivity contribution in [3.05, 3.63) is 0 Å². The highest BCUT2D eigenvalue weighted by atomic mass is 127. The summed E-state index contributed by atoms with van der Waals surface area (Å²) in [6.07, 6.45) is 4.81. The molecular formula is C14H32IN3O. The molecule has 0 saturated heterocycles. The summed E-state index contributed by atoms with van der Waals surface area (Å²) in [6, 6.07) is 0. The van der Waals surface area contributed by atoms with Gasteiger partial charge in [0, 0.05) is 33.4 Å². The van der Waals surface area contributed by atoms with Gasteiger partial charge < -0.3 is 15.4 Å². The minimum atomic E-state index is 0. The van der Waals surface area contributed by atoms with Crippen LogP contribution in [0.3, 0.4) is 0 Å². The number of unbranched alkanes of at least 4 members (excludes halogenated alkanes) is 1. The van der Waals surface area contributed by atoms with Crippen molar-refractivity contribution in [2.24, 2.45) is 10.9 Å². The van der Waals surface area contributed by atoms with E-state index in [0.717, 1.165) is 44.6 Å². The zero-order valence-corrected chi connectivity index (χ0v) is 15.3. The SMILES string of the molecule is CCOCCCNC(=NC)NCCCCC(C)C.I. The van der Waals surface area contributed by atoms with Crippen LogP contribution in [0, 0.1) is 5.92 Å². The maximum absolute atomic E-state index is 5.28. The van der Waals surface area contributed by atoms with E-state index in [1.807, 2.05) is 14.0 Å². The van der Waals surface area contributed by atoms with Gasteiger partial charge >= 0.3 is 0 Å². The maximum Gasteiger partial charge on any atom is 0.190 e. The molecule has 0 atom stereocenters. The van der Waals surface area contributed by atoms with E-state index >= 15 is 0 Å². The van der Waals surface area contributed by atoms with Gasteiger partial charge in [-0.3, -0.25) is 4.99 Å². The molecule has 0 radical (unpaired) electrons. The fraction of sp³-hybridized carbons (Fsp3) is 0.929. The van der Waals surface area contributed by atoms with Crippen LogP contribution in [0.5, 0.6) is 0 Å². The van der Waals surface area contributed by atoms with Gasteiger partial charge in [-0.05, 0) is 25.7 Å². The van der Waals surface area contributed by atoms with E-state index in [0.29, 0.717) is 0 Å². The molecule has 5 heteroatoms. The standard InChI is InChI=1S/C14H31N3O.HI/c1-5-18-12-8-11-17-14(15-4)16-10-7-6-9-13(2)3;/h13H,5-12H2,1-4H3,(H2,15,16,17);1H. The summed E-state index contributed by atoms with van der Waals surface area (Å²) in [4.78, 5) is 4.19. The van der Waals surface area contributed by atoms with E-state index < -0.39 is 0 Å². The summed E-state index contributed by atoms with van der Waals surface area (Å²) < 4.78 is 5.28. The third kappa shape index (κ3) is 15.9. The zero-order valence-electron chi connectivity index (χ0n) is 13.0. The van der Waals surface area contributed by atoms with Gasteiger partial charge in [-0.2, -0.15) is 0 Å². The number of hydrogen-bond acceptors (Lipinski definition) is 2. The maximum atomic E-state index is 5.28. The number of ether oxygens (including phenoxy) is 1. The summed E-state index contributed by atoms with van der Waals surface area (Å²) in [5.41, 5.74) is 0. The normalized spacial score (nSPS) is 11.3. The molecule has 0 aliphatic carbocycles. The predicted octanol–water partition coefficient (Wildman–Crippen LogP) is 3.02. The van der Waals surface area contributed by atoms with E-state index in [1.54, 1.807) is 0 Å². The van der Waals surface area contributed by atoms with Crippen LogP contribution in [0.4, 0.5) is 0 Å². The Kier molecular flexibility index (Phi) is 17.9. The first-order valence-corrected chi connectivity index (χ1v) is 7.23. The Balaban J connectivity index is 0. The van der Waals surface area contributed by atoms with E-state index in [9.17, 15) is 0 Å². The monoisotopic (exact) mass is 385 g/mol. The quantitative estimate of drug-likeness (QED) is 0.263. The van der Waals surface area contributed by atoms with E-state index in [-0.39, 0.29) is 24.0 Å². The van der Waals surface area contributed by atoms with Crippen molar-refractivity contribution >= 4 is 29.9 Å². The Morgan fingerprint density at radius 1 is 1.11 bits per heavy atom. The summed E-state index contributed by atoms with van der Waals surface area (Å²) in [7, 11) is 1.81. The van der Waals surface area contributed by atoms with E-state index in [4.69, 9.17) is 4.74 Å². The second-order valence-corrected chi connectivity index (χ2v) is 4.87. The van der Waals surface area contributed by atoms with Crippen molar-refractivity contribution in [3.63, 3.8) is 0 Å². The van der Waals surface area contributed by atoms with Crippen LogP contribution in [-0.4, -0.2) is 39.3 Å². The molecule has 0 aromatic heterocycles. The van der Waals surface area contributed by atoms with Crippen molar-refractivity contribution in [1.29, 1.82) is 0 Å². The second-order valence-electron chi connectivity index (χ2n) is 4.87. The molecule has 0 rings (SSSR count). The minimum absolute atomic E-state index is 0. The fourth-order valence-electron chi connectivity index (χ4n) is 1.63. The van der Waals surface area contributed by atoms with Gasteiger partial charge in [0.05, 0.1) is 0 Å². The molecule has 0 aliphatic heterocycles. The van der Waals surface area contributed by atoms with Gasteiger partial charge in [-0.1, -0.05) is 26.7 Å². The van der Waals surface area contributed by atoms with Crippen LogP contribution < -0.4 is 10.6 Å². The van der Waals surface area contributed by atoms with Gasteiger partial charge in [0.15, 0.2) is 5.96 Å². The number of nitrogens with one attached hydrogen (secondary N) is 2. The minimum Gasteiger partial charge on any atom is -0.382 e. The molecule has 19 heavy (non-hydrogen) atoms. The van der Waals surface area contributed by atoms with Gasteiger partial charge in [0.2, 0.25) is 0 Å². The Bertz CT molecular complexity index is 211. The largest absolute Gasteiger partial charge is 0.382 e. The highest BCUT2D eigenvalue weighted by Gasteiger charge is 1.97. The average molecular weight is 385 g/mol. The zero-order chi connectivity index (χ0) is 13.6. The Morgan fingerprint density at radius 3 is 2.26 bits per heavy atom. The fourth-order valence-corrected chi connectivity index (χ4v) is 1.63. The predicted molar refractivity (Wildman–Crippen MR) is 94.6 cm³/mol. The molecule has 0 heterocycles. The molecule has 0 aliphatic rings. The Morgan fingerprint density at radius 2 is 1.74 bits per heavy atom. The molecule has 0 unspecified atom stereocenters. The summed E-state index contributed by atoms with van der Waals surface area (Å²) >= 11 is 0. The van der Waals surface area contributed by atoms with Gasteiger partial charge in [-0.15, -0.1) is 24.0 Å². The lowest BCUT2D eigenvalue weighted by atomic mass is 10.1. The summed E-state index contributed by atoms with van der Waals surface area (Å²) in [6.45, 7) is 10.1. The van der Waals surface area contributed by atoms with Crippen molar-refractivity contribution in [3.8, 4) is 0 Å². The molecular weight excluding hydrogens is 353 g/mol. The molecule has 4 nitrogen and oxygen atoms in total. The Labute approximate surface area is 136 Å². The molecule has 0 aromatic carbocycles. The van der Waals surface area contributed by atoms with Crippen LogP contribution >= 0.6 is 24.0 Å². The van der Waals surface area contributed by atoms with Crippen LogP contribution in [0.2, 0.25) is 0 Å². The number of aliphatic imine (C=N–C) groups is 1. The molecule has 0 fully saturated rings. The van der Waals surface area contributed by atoms with Gasteiger partial charge in [-0.25, -0.2) is 0 Å². The summed E-state index contributed by atoms with van der Waals surface area (Å²) in [5, 5.41) is 6.62. The third-order valence-corrected chi connectivity index (χ3v) is 2.69. The van der Waals surface area contributed by atoms with Crippen LogP contribution in [-0.2, 0) is 4.74 Å². The first-order valence-electron chi connectivity index (χ1n) is 7.23. The first kappa shape index (κ1) is 21.3. The molecule has 116 valence electrons. The smallest absolute Gasteiger partial charge is 0.190 e. The Hall–Kier alpha value is -0.0400. The van der Waals surface area contributed by atoms with Gasteiger partial charge in [0.25, 0.3) is 0 Å². The second kappa shape index (κ2) is 16.0. The highest BCUT2D eigenvalue weighted by Crippen LogP contribution is 2.04. The van der Waals surface area contributed by atoms with Crippen LogP contribution in [0.25, 0.3) is 0 Å². The molecule has 0 bridgehead atoms. The lowest BCUT2D eigenvalue weighted by molar-refractivity contribution is 0.145. The molecule has 0 amide bonds. The van der Waals surface area contributed by atoms with Crippen LogP contribution in [0.1, 0.15) is 46.5 Å². The number of halogens is 1. The number of nitrogens with zero attached hydrogens (tertiary/aromatic N) is 1. The molecule has 0 aromatic rings. The molecule has 0 spiro atoms. The molecule has 2 N–H and O–H groups in total. The van der Waals surface area contributed by atoms with Crippen molar-refractivity contribution in [1.82, 2.24) is 10.6 Å². The first-order chi connectivity index (χ1) is 8.70. The highest BCUT2D eigenvalue weighted by molar-refractivity contribution is 14.0. The average Bonchev–Trinajstić information content (AvgIpc) is 2.35. The lowest BCUT2D eigenvalue weighted by Crippen LogP contribution is -2.38. The third-order valence-electron chi connectivity index (χ3n) is 2.69.